The molecule has 2 aromatic rings. The topological polar surface area (TPSA) is 78.0 Å². The van der Waals surface area contributed by atoms with Crippen molar-refractivity contribution in [2.75, 3.05) is 0 Å². The number of carbonyl (C=O) groups is 1. The van der Waals surface area contributed by atoms with E-state index >= 15 is 0 Å². The van der Waals surface area contributed by atoms with Crippen molar-refractivity contribution >= 4 is 28.4 Å². The Bertz CT molecular complexity index is 801. The third kappa shape index (κ3) is 2.10. The number of amides is 1. The number of H-pyrrole nitrogens is 1. The van der Waals surface area contributed by atoms with Crippen LogP contribution in [0.3, 0.4) is 0 Å². The van der Waals surface area contributed by atoms with Crippen LogP contribution in [0.5, 0.6) is 0 Å². The van der Waals surface area contributed by atoms with Crippen LogP contribution in [-0.4, -0.2) is 27.3 Å². The number of hydrogen-bond acceptors (Lipinski definition) is 3. The molecule has 3 saturated carbocycles. The zero-order valence-corrected chi connectivity index (χ0v) is 13.3. The van der Waals surface area contributed by atoms with Crippen LogP contribution in [0.2, 0.25) is 5.02 Å². The lowest BCUT2D eigenvalue weighted by molar-refractivity contribution is -0.122. The van der Waals surface area contributed by atoms with Crippen LogP contribution in [0.25, 0.3) is 10.9 Å². The van der Waals surface area contributed by atoms with Gasteiger partial charge in [-0.1, -0.05) is 11.6 Å². The van der Waals surface area contributed by atoms with Crippen molar-refractivity contribution in [3.63, 3.8) is 0 Å². The van der Waals surface area contributed by atoms with Crippen LogP contribution in [-0.2, 0) is 10.4 Å². The summed E-state index contributed by atoms with van der Waals surface area (Å²) < 4.78 is 0. The first-order chi connectivity index (χ1) is 11.0. The van der Waals surface area contributed by atoms with Gasteiger partial charge >= 0.3 is 0 Å². The maximum absolute atomic E-state index is 11.9. The molecule has 1 aromatic carbocycles. The van der Waals surface area contributed by atoms with Gasteiger partial charge in [-0.15, -0.1) is 0 Å². The summed E-state index contributed by atoms with van der Waals surface area (Å²) in [5, 5.41) is 22.8. The van der Waals surface area contributed by atoms with Crippen LogP contribution in [0, 0.1) is 17.8 Å². The minimum Gasteiger partial charge on any atom is -0.385 e. The molecule has 1 heterocycles. The molecule has 0 spiro atoms. The zero-order chi connectivity index (χ0) is 15.8. The maximum atomic E-state index is 11.9. The number of aromatic nitrogens is 2. The summed E-state index contributed by atoms with van der Waals surface area (Å²) in [5.74, 6) is 1.20. The SMILES string of the molecule is O=C(N[C@H]1[C@@H]2C[C@](O)(c3cc(Cl)cc4[nH]ncc34)C[C@@H]21)C1CC1. The Hall–Kier alpha value is -1.59. The van der Waals surface area contributed by atoms with Crippen LogP contribution >= 0.6 is 11.6 Å². The van der Waals surface area contributed by atoms with Crippen molar-refractivity contribution in [2.24, 2.45) is 17.8 Å². The van der Waals surface area contributed by atoms with Crippen molar-refractivity contribution < 1.29 is 9.90 Å². The average Bonchev–Trinajstić information content (AvgIpc) is 3.36. The van der Waals surface area contributed by atoms with E-state index in [1.54, 1.807) is 6.20 Å². The van der Waals surface area contributed by atoms with E-state index in [1.165, 1.54) is 0 Å². The summed E-state index contributed by atoms with van der Waals surface area (Å²) in [6, 6.07) is 3.93. The molecule has 5 nitrogen and oxygen atoms in total. The van der Waals surface area contributed by atoms with Crippen LogP contribution in [0.15, 0.2) is 18.3 Å². The fourth-order valence-electron chi connectivity index (χ4n) is 4.33. The van der Waals surface area contributed by atoms with E-state index < -0.39 is 5.60 Å². The Balaban J connectivity index is 1.38. The molecule has 4 atom stereocenters. The van der Waals surface area contributed by atoms with Gasteiger partial charge in [-0.05, 0) is 55.2 Å². The van der Waals surface area contributed by atoms with E-state index in [0.29, 0.717) is 29.7 Å². The molecule has 0 aliphatic heterocycles. The van der Waals surface area contributed by atoms with Gasteiger partial charge in [0.1, 0.15) is 0 Å². The zero-order valence-electron chi connectivity index (χ0n) is 12.6. The Labute approximate surface area is 138 Å². The van der Waals surface area contributed by atoms with Gasteiger partial charge < -0.3 is 10.4 Å². The van der Waals surface area contributed by atoms with Crippen molar-refractivity contribution in [1.29, 1.82) is 0 Å². The minimum absolute atomic E-state index is 0.202. The quantitative estimate of drug-likeness (QED) is 0.807. The molecule has 23 heavy (non-hydrogen) atoms. The van der Waals surface area contributed by atoms with E-state index in [9.17, 15) is 9.90 Å². The molecule has 5 rings (SSSR count). The standard InChI is InChI=1S/C17H18ClN3O2/c18-9-3-13(12-7-19-21-14(12)4-9)17(23)5-10-11(6-17)15(10)20-16(22)8-1-2-8/h3-4,7-8,10-11,15,23H,1-2,5-6H2,(H,19,21)(H,20,22)/t10-,11+,15+,17-. The lowest BCUT2D eigenvalue weighted by atomic mass is 9.86. The summed E-state index contributed by atoms with van der Waals surface area (Å²) in [6.45, 7) is 0. The molecular formula is C17H18ClN3O2. The Morgan fingerprint density at radius 2 is 2.09 bits per heavy atom. The summed E-state index contributed by atoms with van der Waals surface area (Å²) >= 11 is 6.19. The smallest absolute Gasteiger partial charge is 0.223 e. The number of aliphatic hydroxyl groups is 1. The predicted octanol–water partition coefficient (Wildman–Crippen LogP) is 2.34. The highest BCUT2D eigenvalue weighted by Crippen LogP contribution is 2.60. The number of hydrogen-bond donors (Lipinski definition) is 3. The Morgan fingerprint density at radius 3 is 2.78 bits per heavy atom. The number of aromatic amines is 1. The number of fused-ring (bicyclic) bond motifs is 2. The van der Waals surface area contributed by atoms with Crippen molar-refractivity contribution in [3.05, 3.63) is 28.9 Å². The molecule has 3 fully saturated rings. The lowest BCUT2D eigenvalue weighted by Crippen LogP contribution is -2.34. The largest absolute Gasteiger partial charge is 0.385 e. The second-order valence-electron chi connectivity index (χ2n) is 7.36. The molecule has 0 unspecified atom stereocenters. The monoisotopic (exact) mass is 331 g/mol. The second kappa shape index (κ2) is 4.48. The molecular weight excluding hydrogens is 314 g/mol. The highest BCUT2D eigenvalue weighted by molar-refractivity contribution is 6.31. The molecule has 0 saturated heterocycles. The first-order valence-corrected chi connectivity index (χ1v) is 8.59. The number of carbonyl (C=O) groups excluding carboxylic acids is 1. The fraction of sp³-hybridized carbons (Fsp3) is 0.529. The average molecular weight is 332 g/mol. The first kappa shape index (κ1) is 13.8. The number of benzene rings is 1. The molecule has 3 aliphatic rings. The van der Waals surface area contributed by atoms with Gasteiger partial charge in [0.15, 0.2) is 0 Å². The first-order valence-electron chi connectivity index (χ1n) is 8.21. The molecule has 0 radical (unpaired) electrons. The van der Waals surface area contributed by atoms with Crippen molar-refractivity contribution in [3.8, 4) is 0 Å². The molecule has 3 aliphatic carbocycles. The van der Waals surface area contributed by atoms with Gasteiger partial charge in [-0.3, -0.25) is 9.89 Å². The van der Waals surface area contributed by atoms with E-state index in [0.717, 1.165) is 29.3 Å². The highest BCUT2D eigenvalue weighted by atomic mass is 35.5. The lowest BCUT2D eigenvalue weighted by Gasteiger charge is -2.27. The molecule has 1 amide bonds. The molecule has 120 valence electrons. The molecule has 0 bridgehead atoms. The van der Waals surface area contributed by atoms with E-state index in [1.807, 2.05) is 12.1 Å². The summed E-state index contributed by atoms with van der Waals surface area (Å²) in [4.78, 5) is 11.9. The number of nitrogens with zero attached hydrogens (tertiary/aromatic N) is 1. The van der Waals surface area contributed by atoms with Gasteiger partial charge in [0.05, 0.1) is 17.3 Å². The fourth-order valence-corrected chi connectivity index (χ4v) is 4.55. The Kier molecular flexibility index (Phi) is 2.69. The number of rotatable bonds is 3. The summed E-state index contributed by atoms with van der Waals surface area (Å²) in [7, 11) is 0. The summed E-state index contributed by atoms with van der Waals surface area (Å²) in [5.41, 5.74) is 0.830. The third-order valence-electron chi connectivity index (χ3n) is 5.76. The van der Waals surface area contributed by atoms with Gasteiger partial charge in [0.25, 0.3) is 0 Å². The van der Waals surface area contributed by atoms with Gasteiger partial charge in [-0.25, -0.2) is 0 Å². The number of halogens is 1. The summed E-state index contributed by atoms with van der Waals surface area (Å²) in [6.07, 6.45) is 5.15. The van der Waals surface area contributed by atoms with Crippen molar-refractivity contribution in [2.45, 2.75) is 37.3 Å². The van der Waals surface area contributed by atoms with Crippen LogP contribution in [0.1, 0.15) is 31.2 Å². The van der Waals surface area contributed by atoms with E-state index in [2.05, 4.69) is 15.5 Å². The molecule has 1 aromatic heterocycles. The predicted molar refractivity (Wildman–Crippen MR) is 85.9 cm³/mol. The van der Waals surface area contributed by atoms with Crippen LogP contribution < -0.4 is 5.32 Å². The maximum Gasteiger partial charge on any atom is 0.223 e. The minimum atomic E-state index is -0.872. The van der Waals surface area contributed by atoms with Gasteiger partial charge in [-0.2, -0.15) is 5.10 Å². The third-order valence-corrected chi connectivity index (χ3v) is 5.98. The highest BCUT2D eigenvalue weighted by Gasteiger charge is 2.62. The van der Waals surface area contributed by atoms with Crippen LogP contribution in [0.4, 0.5) is 0 Å². The van der Waals surface area contributed by atoms with Gasteiger partial charge in [0.2, 0.25) is 5.91 Å². The van der Waals surface area contributed by atoms with E-state index in [4.69, 9.17) is 11.6 Å². The van der Waals surface area contributed by atoms with Gasteiger partial charge in [0, 0.05) is 22.4 Å². The molecule has 3 N–H and O–H groups in total. The number of nitrogens with one attached hydrogen (secondary N) is 2. The van der Waals surface area contributed by atoms with Crippen molar-refractivity contribution in [1.82, 2.24) is 15.5 Å². The molecule has 6 heteroatoms. The Morgan fingerprint density at radius 1 is 1.35 bits per heavy atom. The second-order valence-corrected chi connectivity index (χ2v) is 7.80. The normalized spacial score (nSPS) is 35.3. The van der Waals surface area contributed by atoms with E-state index in [-0.39, 0.29) is 17.9 Å².